The fraction of sp³-hybridized carbons (Fsp3) is 0.444. The summed E-state index contributed by atoms with van der Waals surface area (Å²) in [5.41, 5.74) is 0. The Morgan fingerprint density at radius 3 is 3.21 bits per heavy atom. The average Bonchev–Trinajstić information content (AvgIpc) is 2.25. The molecule has 0 aliphatic heterocycles. The van der Waals surface area contributed by atoms with E-state index in [1.165, 1.54) is 0 Å². The molecule has 1 aromatic heterocycles. The zero-order valence-corrected chi connectivity index (χ0v) is 8.03. The molecule has 0 saturated carbocycles. The maximum atomic E-state index is 8.55. The van der Waals surface area contributed by atoms with Gasteiger partial charge in [-0.25, -0.2) is 9.97 Å². The van der Waals surface area contributed by atoms with Gasteiger partial charge in [0.1, 0.15) is 11.9 Å². The van der Waals surface area contributed by atoms with Gasteiger partial charge in [-0.1, -0.05) is 0 Å². The number of nitriles is 1. The molecule has 5 heteroatoms. The molecule has 0 aliphatic rings. The van der Waals surface area contributed by atoms with E-state index in [1.54, 1.807) is 19.4 Å². The lowest BCUT2D eigenvalue weighted by Crippen LogP contribution is -2.06. The van der Waals surface area contributed by atoms with Crippen LogP contribution in [-0.2, 0) is 4.74 Å². The van der Waals surface area contributed by atoms with Crippen molar-refractivity contribution in [2.75, 3.05) is 25.6 Å². The third-order valence-corrected chi connectivity index (χ3v) is 1.59. The van der Waals surface area contributed by atoms with Gasteiger partial charge in [-0.15, -0.1) is 0 Å². The fourth-order valence-corrected chi connectivity index (χ4v) is 0.944. The lowest BCUT2D eigenvalue weighted by atomic mass is 10.4. The summed E-state index contributed by atoms with van der Waals surface area (Å²) in [5, 5.41) is 11.6. The smallest absolute Gasteiger partial charge is 0.234 e. The Labute approximate surface area is 82.8 Å². The van der Waals surface area contributed by atoms with E-state index in [-0.39, 0.29) is 5.82 Å². The molecular weight excluding hydrogens is 180 g/mol. The van der Waals surface area contributed by atoms with Gasteiger partial charge in [0.15, 0.2) is 0 Å². The first-order valence-corrected chi connectivity index (χ1v) is 4.33. The Hall–Kier alpha value is -1.67. The number of aromatic nitrogens is 2. The van der Waals surface area contributed by atoms with Gasteiger partial charge in [-0.2, -0.15) is 5.26 Å². The minimum atomic E-state index is 0.182. The van der Waals surface area contributed by atoms with Gasteiger partial charge in [0.2, 0.25) is 5.82 Å². The van der Waals surface area contributed by atoms with Crippen molar-refractivity contribution in [2.24, 2.45) is 0 Å². The highest BCUT2D eigenvalue weighted by Crippen LogP contribution is 2.00. The van der Waals surface area contributed by atoms with Gasteiger partial charge >= 0.3 is 0 Å². The predicted octanol–water partition coefficient (Wildman–Crippen LogP) is 0.797. The SMILES string of the molecule is COCCCNc1ccnc(C#N)n1. The summed E-state index contributed by atoms with van der Waals surface area (Å²) in [6.45, 7) is 1.49. The third-order valence-electron chi connectivity index (χ3n) is 1.59. The molecule has 1 N–H and O–H groups in total. The maximum absolute atomic E-state index is 8.55. The molecule has 0 bridgehead atoms. The lowest BCUT2D eigenvalue weighted by molar-refractivity contribution is 0.198. The third kappa shape index (κ3) is 3.37. The van der Waals surface area contributed by atoms with E-state index < -0.39 is 0 Å². The summed E-state index contributed by atoms with van der Waals surface area (Å²) in [7, 11) is 1.67. The summed E-state index contributed by atoms with van der Waals surface area (Å²) in [6.07, 6.45) is 2.46. The van der Waals surface area contributed by atoms with E-state index >= 15 is 0 Å². The molecule has 0 spiro atoms. The first-order chi connectivity index (χ1) is 6.86. The highest BCUT2D eigenvalue weighted by Gasteiger charge is 1.96. The second-order valence-corrected chi connectivity index (χ2v) is 2.65. The molecule has 0 amide bonds. The number of nitrogens with one attached hydrogen (secondary N) is 1. The van der Waals surface area contributed by atoms with Crippen LogP contribution in [0.4, 0.5) is 5.82 Å². The average molecular weight is 192 g/mol. The molecule has 0 radical (unpaired) electrons. The molecule has 5 nitrogen and oxygen atoms in total. The monoisotopic (exact) mass is 192 g/mol. The number of methoxy groups -OCH3 is 1. The topological polar surface area (TPSA) is 70.8 Å². The Morgan fingerprint density at radius 2 is 2.50 bits per heavy atom. The molecule has 1 rings (SSSR count). The highest BCUT2D eigenvalue weighted by atomic mass is 16.5. The Bertz CT molecular complexity index is 321. The number of anilines is 1. The molecule has 1 heterocycles. The standard InChI is InChI=1S/C9H12N4O/c1-14-6-2-4-11-8-3-5-12-9(7-10)13-8/h3,5H,2,4,6H2,1H3,(H,11,12,13). The number of ether oxygens (including phenoxy) is 1. The van der Waals surface area contributed by atoms with Crippen molar-refractivity contribution >= 4 is 5.82 Å². The van der Waals surface area contributed by atoms with Crippen LogP contribution in [0.5, 0.6) is 0 Å². The van der Waals surface area contributed by atoms with Crippen LogP contribution in [0.2, 0.25) is 0 Å². The van der Waals surface area contributed by atoms with Gasteiger partial charge in [-0.3, -0.25) is 0 Å². The molecule has 0 atom stereocenters. The molecule has 1 aromatic rings. The molecule has 0 aliphatic carbocycles. The van der Waals surface area contributed by atoms with Crippen molar-refractivity contribution in [1.29, 1.82) is 5.26 Å². The van der Waals surface area contributed by atoms with Crippen LogP contribution in [0.3, 0.4) is 0 Å². The van der Waals surface area contributed by atoms with Crippen molar-refractivity contribution in [1.82, 2.24) is 9.97 Å². The lowest BCUT2D eigenvalue weighted by Gasteiger charge is -2.03. The zero-order valence-electron chi connectivity index (χ0n) is 8.03. The number of hydrogen-bond donors (Lipinski definition) is 1. The molecule has 0 saturated heterocycles. The second-order valence-electron chi connectivity index (χ2n) is 2.65. The van der Waals surface area contributed by atoms with Crippen LogP contribution in [0.1, 0.15) is 12.2 Å². The number of hydrogen-bond acceptors (Lipinski definition) is 5. The van der Waals surface area contributed by atoms with Crippen molar-refractivity contribution in [3.05, 3.63) is 18.1 Å². The Balaban J connectivity index is 2.39. The Kier molecular flexibility index (Phi) is 4.38. The normalized spacial score (nSPS) is 9.43. The van der Waals surface area contributed by atoms with Gasteiger partial charge in [0, 0.05) is 26.5 Å². The van der Waals surface area contributed by atoms with Crippen LogP contribution in [0, 0.1) is 11.3 Å². The maximum Gasteiger partial charge on any atom is 0.234 e. The van der Waals surface area contributed by atoms with Crippen LogP contribution in [0.15, 0.2) is 12.3 Å². The minimum absolute atomic E-state index is 0.182. The summed E-state index contributed by atoms with van der Waals surface area (Å²) >= 11 is 0. The van der Waals surface area contributed by atoms with E-state index in [0.29, 0.717) is 12.4 Å². The Morgan fingerprint density at radius 1 is 1.64 bits per heavy atom. The molecule has 74 valence electrons. The van der Waals surface area contributed by atoms with E-state index in [4.69, 9.17) is 10.00 Å². The van der Waals surface area contributed by atoms with Crippen LogP contribution in [0.25, 0.3) is 0 Å². The van der Waals surface area contributed by atoms with Crippen molar-refractivity contribution in [3.63, 3.8) is 0 Å². The second kappa shape index (κ2) is 5.89. The summed E-state index contributed by atoms with van der Waals surface area (Å²) in [4.78, 5) is 7.73. The van der Waals surface area contributed by atoms with E-state index in [9.17, 15) is 0 Å². The number of nitrogens with zero attached hydrogens (tertiary/aromatic N) is 3. The summed E-state index contributed by atoms with van der Waals surface area (Å²) < 4.78 is 4.90. The fourth-order valence-electron chi connectivity index (χ4n) is 0.944. The van der Waals surface area contributed by atoms with Crippen molar-refractivity contribution in [3.8, 4) is 6.07 Å². The van der Waals surface area contributed by atoms with Gasteiger partial charge in [-0.05, 0) is 12.5 Å². The predicted molar refractivity (Wildman–Crippen MR) is 51.7 cm³/mol. The van der Waals surface area contributed by atoms with E-state index in [1.807, 2.05) is 6.07 Å². The summed E-state index contributed by atoms with van der Waals surface area (Å²) in [6, 6.07) is 3.61. The first kappa shape index (κ1) is 10.4. The molecular formula is C9H12N4O. The largest absolute Gasteiger partial charge is 0.385 e. The van der Waals surface area contributed by atoms with Crippen LogP contribution >= 0.6 is 0 Å². The van der Waals surface area contributed by atoms with Gasteiger partial charge < -0.3 is 10.1 Å². The van der Waals surface area contributed by atoms with E-state index in [2.05, 4.69) is 15.3 Å². The van der Waals surface area contributed by atoms with Gasteiger partial charge in [0.25, 0.3) is 0 Å². The minimum Gasteiger partial charge on any atom is -0.385 e. The van der Waals surface area contributed by atoms with Crippen LogP contribution in [-0.4, -0.2) is 30.2 Å². The quantitative estimate of drug-likeness (QED) is 0.698. The molecule has 0 fully saturated rings. The highest BCUT2D eigenvalue weighted by molar-refractivity contribution is 5.34. The van der Waals surface area contributed by atoms with Gasteiger partial charge in [0.05, 0.1) is 0 Å². The first-order valence-electron chi connectivity index (χ1n) is 4.33. The molecule has 14 heavy (non-hydrogen) atoms. The van der Waals surface area contributed by atoms with Crippen molar-refractivity contribution < 1.29 is 4.74 Å². The zero-order chi connectivity index (χ0) is 10.2. The summed E-state index contributed by atoms with van der Waals surface area (Å²) in [5.74, 6) is 0.856. The van der Waals surface area contributed by atoms with E-state index in [0.717, 1.165) is 13.0 Å². The molecule has 0 aromatic carbocycles. The number of rotatable bonds is 5. The van der Waals surface area contributed by atoms with Crippen molar-refractivity contribution in [2.45, 2.75) is 6.42 Å². The van der Waals surface area contributed by atoms with Crippen LogP contribution < -0.4 is 5.32 Å². The molecule has 0 unspecified atom stereocenters.